The molecule has 170 valence electrons. The third-order valence-corrected chi connectivity index (χ3v) is 8.34. The molecule has 8 nitrogen and oxygen atoms in total. The van der Waals surface area contributed by atoms with Crippen molar-refractivity contribution in [1.29, 1.82) is 0 Å². The minimum atomic E-state index is -3.50. The number of amides is 1. The molecule has 1 aromatic heterocycles. The molecule has 0 radical (unpaired) electrons. The van der Waals surface area contributed by atoms with Crippen LogP contribution < -0.4 is 10.2 Å². The van der Waals surface area contributed by atoms with Gasteiger partial charge in [0.25, 0.3) is 0 Å². The average Bonchev–Trinajstić information content (AvgIpc) is 3.22. The first-order valence-corrected chi connectivity index (χ1v) is 12.4. The summed E-state index contributed by atoms with van der Waals surface area (Å²) in [5, 5.41) is 3.16. The lowest BCUT2D eigenvalue weighted by Gasteiger charge is -2.21. The normalized spacial score (nSPS) is 18.5. The van der Waals surface area contributed by atoms with Gasteiger partial charge in [-0.1, -0.05) is 18.2 Å². The Morgan fingerprint density at radius 3 is 2.58 bits per heavy atom. The quantitative estimate of drug-likeness (QED) is 0.635. The molecule has 0 saturated carbocycles. The van der Waals surface area contributed by atoms with E-state index < -0.39 is 10.0 Å². The van der Waals surface area contributed by atoms with Crippen LogP contribution in [0.2, 0.25) is 0 Å². The van der Waals surface area contributed by atoms with Crippen molar-refractivity contribution in [2.45, 2.75) is 37.1 Å². The van der Waals surface area contributed by atoms with Gasteiger partial charge in [0.1, 0.15) is 0 Å². The lowest BCUT2D eigenvalue weighted by Crippen LogP contribution is -2.33. The zero-order valence-electron chi connectivity index (χ0n) is 18.5. The Labute approximate surface area is 193 Å². The van der Waals surface area contributed by atoms with E-state index in [1.165, 1.54) is 0 Å². The van der Waals surface area contributed by atoms with Crippen molar-refractivity contribution in [2.24, 2.45) is 0 Å². The van der Waals surface area contributed by atoms with Crippen molar-refractivity contribution in [3.05, 3.63) is 60.3 Å². The number of hydrogen-bond donors (Lipinski definition) is 1. The number of fused-ring (bicyclic) bond motifs is 3. The lowest BCUT2D eigenvalue weighted by atomic mass is 10.1. The van der Waals surface area contributed by atoms with Gasteiger partial charge in [-0.15, -0.1) is 0 Å². The van der Waals surface area contributed by atoms with Crippen LogP contribution in [0.15, 0.2) is 59.6 Å². The minimum absolute atomic E-state index is 0.0189. The van der Waals surface area contributed by atoms with Crippen LogP contribution in [-0.2, 0) is 21.2 Å². The van der Waals surface area contributed by atoms with Crippen molar-refractivity contribution < 1.29 is 13.2 Å². The number of anilines is 3. The highest BCUT2D eigenvalue weighted by molar-refractivity contribution is 7.89. The van der Waals surface area contributed by atoms with Crippen LogP contribution in [0, 0.1) is 0 Å². The monoisotopic (exact) mass is 463 g/mol. The average molecular weight is 464 g/mol. The molecule has 5 rings (SSSR count). The molecule has 0 spiro atoms. The Kier molecular flexibility index (Phi) is 5.38. The smallest absolute Gasteiger partial charge is 0.243 e. The number of nitrogens with zero attached hydrogens (tertiary/aromatic N) is 4. The Hall–Kier alpha value is -3.30. The number of para-hydroxylation sites is 1. The summed E-state index contributed by atoms with van der Waals surface area (Å²) >= 11 is 0. The van der Waals surface area contributed by atoms with E-state index in [4.69, 9.17) is 4.98 Å². The van der Waals surface area contributed by atoms with Crippen molar-refractivity contribution in [2.75, 3.05) is 23.8 Å². The number of sulfonamides is 1. The highest BCUT2D eigenvalue weighted by Crippen LogP contribution is 2.35. The van der Waals surface area contributed by atoms with Gasteiger partial charge in [-0.3, -0.25) is 4.79 Å². The van der Waals surface area contributed by atoms with Crippen LogP contribution in [0.3, 0.4) is 0 Å². The van der Waals surface area contributed by atoms with Gasteiger partial charge in [0.05, 0.1) is 22.7 Å². The van der Waals surface area contributed by atoms with Gasteiger partial charge in [0.2, 0.25) is 21.9 Å². The fraction of sp³-hybridized carbons (Fsp3) is 0.292. The number of hydrogen-bond acceptors (Lipinski definition) is 6. The minimum Gasteiger partial charge on any atom is -0.324 e. The van der Waals surface area contributed by atoms with Crippen LogP contribution in [0.5, 0.6) is 0 Å². The molecule has 33 heavy (non-hydrogen) atoms. The van der Waals surface area contributed by atoms with Gasteiger partial charge in [0.15, 0.2) is 0 Å². The van der Waals surface area contributed by atoms with Gasteiger partial charge in [-0.25, -0.2) is 18.4 Å². The Bertz CT molecular complexity index is 1320. The molecule has 1 amide bonds. The fourth-order valence-electron chi connectivity index (χ4n) is 4.45. The van der Waals surface area contributed by atoms with Crippen LogP contribution in [0.1, 0.15) is 25.3 Å². The van der Waals surface area contributed by atoms with Gasteiger partial charge in [-0.2, -0.15) is 4.31 Å². The first kappa shape index (κ1) is 21.5. The number of benzene rings is 2. The molecule has 1 atom stereocenters. The van der Waals surface area contributed by atoms with E-state index in [0.717, 1.165) is 29.7 Å². The molecular weight excluding hydrogens is 438 g/mol. The maximum Gasteiger partial charge on any atom is 0.243 e. The number of nitrogens with one attached hydrogen (secondary N) is 1. The van der Waals surface area contributed by atoms with Crippen LogP contribution >= 0.6 is 0 Å². The van der Waals surface area contributed by atoms with Gasteiger partial charge >= 0.3 is 0 Å². The summed E-state index contributed by atoms with van der Waals surface area (Å²) in [6.45, 7) is 2.51. The molecule has 2 aromatic carbocycles. The lowest BCUT2D eigenvalue weighted by molar-refractivity contribution is -0.117. The van der Waals surface area contributed by atoms with E-state index in [2.05, 4.69) is 10.3 Å². The van der Waals surface area contributed by atoms with E-state index >= 15 is 0 Å². The number of aromatic nitrogens is 2. The summed E-state index contributed by atoms with van der Waals surface area (Å²) in [6.07, 6.45) is 3.67. The molecule has 1 saturated heterocycles. The van der Waals surface area contributed by atoms with Crippen molar-refractivity contribution in [1.82, 2.24) is 14.3 Å². The van der Waals surface area contributed by atoms with E-state index in [1.54, 1.807) is 46.7 Å². The van der Waals surface area contributed by atoms with Gasteiger partial charge in [-0.05, 0) is 50.1 Å². The van der Waals surface area contributed by atoms with Crippen molar-refractivity contribution >= 4 is 33.3 Å². The zero-order chi connectivity index (χ0) is 23.2. The van der Waals surface area contributed by atoms with E-state index in [-0.39, 0.29) is 23.3 Å². The summed E-state index contributed by atoms with van der Waals surface area (Å²) in [5.41, 5.74) is 3.83. The predicted molar refractivity (Wildman–Crippen MR) is 127 cm³/mol. The molecule has 0 aliphatic carbocycles. The molecule has 1 fully saturated rings. The number of carbonyl (C=O) groups excluding carboxylic acids is 1. The molecule has 2 aliphatic heterocycles. The highest BCUT2D eigenvalue weighted by Gasteiger charge is 2.32. The van der Waals surface area contributed by atoms with E-state index in [9.17, 15) is 13.2 Å². The summed E-state index contributed by atoms with van der Waals surface area (Å²) in [7, 11) is -1.74. The zero-order valence-corrected chi connectivity index (χ0v) is 19.3. The second-order valence-electron chi connectivity index (χ2n) is 8.47. The highest BCUT2D eigenvalue weighted by atomic mass is 32.2. The summed E-state index contributed by atoms with van der Waals surface area (Å²) in [4.78, 5) is 23.5. The van der Waals surface area contributed by atoms with Crippen molar-refractivity contribution in [3.8, 4) is 11.3 Å². The summed E-state index contributed by atoms with van der Waals surface area (Å²) < 4.78 is 27.4. The van der Waals surface area contributed by atoms with Crippen molar-refractivity contribution in [3.63, 3.8) is 0 Å². The molecule has 9 heteroatoms. The van der Waals surface area contributed by atoms with Gasteiger partial charge in [0, 0.05) is 42.6 Å². The predicted octanol–water partition coefficient (Wildman–Crippen LogP) is 3.58. The SMILES string of the molecule is CC1CCCN1S(=O)(=O)c1ccc(Nc2ncc3c(n2)-c2ccccc2N(C)C(=O)C3)cc1. The van der Waals surface area contributed by atoms with Gasteiger partial charge < -0.3 is 10.2 Å². The number of likely N-dealkylation sites (N-methyl/N-ethyl adjacent to an activating group) is 1. The van der Waals surface area contributed by atoms with Crippen LogP contribution in [0.25, 0.3) is 11.3 Å². The molecule has 0 bridgehead atoms. The van der Waals surface area contributed by atoms with E-state index in [0.29, 0.717) is 23.9 Å². The standard InChI is InChI=1S/C24H25N5O3S/c1-16-6-5-13-29(16)33(31,32)19-11-9-18(10-12-19)26-24-25-15-17-14-22(30)28(2)21-8-4-3-7-20(21)23(17)27-24/h3-4,7-12,15-16H,5-6,13-14H2,1-2H3,(H,25,26,27). The topological polar surface area (TPSA) is 95.5 Å². The molecular formula is C24H25N5O3S. The fourth-order valence-corrected chi connectivity index (χ4v) is 6.15. The number of rotatable bonds is 4. The maximum atomic E-state index is 12.9. The van der Waals surface area contributed by atoms with Crippen LogP contribution in [0.4, 0.5) is 17.3 Å². The Morgan fingerprint density at radius 2 is 1.85 bits per heavy atom. The molecule has 3 heterocycles. The summed E-state index contributed by atoms with van der Waals surface area (Å²) in [6, 6.07) is 14.3. The molecule has 1 unspecified atom stereocenters. The number of carbonyl (C=O) groups is 1. The third-order valence-electron chi connectivity index (χ3n) is 6.31. The Morgan fingerprint density at radius 1 is 1.09 bits per heavy atom. The van der Waals surface area contributed by atoms with E-state index in [1.807, 2.05) is 31.2 Å². The first-order valence-electron chi connectivity index (χ1n) is 11.0. The second-order valence-corrected chi connectivity index (χ2v) is 10.4. The Balaban J connectivity index is 1.43. The molecule has 3 aromatic rings. The second kappa shape index (κ2) is 8.24. The molecule has 1 N–H and O–H groups in total. The van der Waals surface area contributed by atoms with Crippen LogP contribution in [-0.4, -0.2) is 48.2 Å². The largest absolute Gasteiger partial charge is 0.324 e. The first-order chi connectivity index (χ1) is 15.8. The third kappa shape index (κ3) is 3.87. The summed E-state index contributed by atoms with van der Waals surface area (Å²) in [5.74, 6) is 0.360. The molecule has 2 aliphatic rings. The maximum absolute atomic E-state index is 12.9.